The van der Waals surface area contributed by atoms with Crippen LogP contribution in [0.1, 0.15) is 21.5 Å². The van der Waals surface area contributed by atoms with E-state index in [-0.39, 0.29) is 18.4 Å². The fourth-order valence-electron chi connectivity index (χ4n) is 2.55. The number of aryl methyl sites for hydroxylation is 1. The van der Waals surface area contributed by atoms with Crippen LogP contribution in [0.5, 0.6) is 11.5 Å². The van der Waals surface area contributed by atoms with E-state index in [0.717, 1.165) is 16.8 Å². The molecule has 0 unspecified atom stereocenters. The number of hydrogen-bond acceptors (Lipinski definition) is 4. The first-order chi connectivity index (χ1) is 12.4. The molecule has 26 heavy (non-hydrogen) atoms. The molecule has 0 aromatic heterocycles. The van der Waals surface area contributed by atoms with E-state index in [2.05, 4.69) is 5.32 Å². The van der Waals surface area contributed by atoms with E-state index in [4.69, 9.17) is 9.47 Å². The monoisotopic (exact) mass is 356 g/mol. The third-order valence-corrected chi connectivity index (χ3v) is 4.24. The molecule has 138 valence electrons. The van der Waals surface area contributed by atoms with Crippen LogP contribution in [0.15, 0.2) is 36.4 Å². The fourth-order valence-corrected chi connectivity index (χ4v) is 2.55. The second kappa shape index (κ2) is 8.38. The molecule has 0 spiro atoms. The number of amides is 2. The molecule has 6 nitrogen and oxygen atoms in total. The summed E-state index contributed by atoms with van der Waals surface area (Å²) in [6.45, 7) is 3.88. The van der Waals surface area contributed by atoms with E-state index in [1.807, 2.05) is 32.0 Å². The maximum Gasteiger partial charge on any atom is 0.254 e. The molecule has 1 N–H and O–H groups in total. The van der Waals surface area contributed by atoms with Crippen molar-refractivity contribution in [1.82, 2.24) is 4.90 Å². The Morgan fingerprint density at radius 2 is 1.73 bits per heavy atom. The van der Waals surface area contributed by atoms with E-state index in [9.17, 15) is 9.59 Å². The quantitative estimate of drug-likeness (QED) is 0.864. The highest BCUT2D eigenvalue weighted by atomic mass is 16.5. The average Bonchev–Trinajstić information content (AvgIpc) is 2.64. The number of rotatable bonds is 6. The van der Waals surface area contributed by atoms with Crippen molar-refractivity contribution in [3.8, 4) is 11.5 Å². The average molecular weight is 356 g/mol. The first kappa shape index (κ1) is 19.3. The Bertz CT molecular complexity index is 817. The Labute approximate surface area is 153 Å². The van der Waals surface area contributed by atoms with Gasteiger partial charge >= 0.3 is 0 Å². The van der Waals surface area contributed by atoms with Crippen molar-refractivity contribution < 1.29 is 19.1 Å². The van der Waals surface area contributed by atoms with Crippen LogP contribution >= 0.6 is 0 Å². The minimum atomic E-state index is -0.276. The zero-order valence-corrected chi connectivity index (χ0v) is 15.8. The summed E-state index contributed by atoms with van der Waals surface area (Å²) in [7, 11) is 4.62. The summed E-state index contributed by atoms with van der Waals surface area (Å²) in [6.07, 6.45) is 0. The second-order valence-corrected chi connectivity index (χ2v) is 6.03. The Hall–Kier alpha value is -3.02. The zero-order chi connectivity index (χ0) is 19.3. The maximum absolute atomic E-state index is 12.6. The standard InChI is InChI=1S/C20H24N2O4/c1-13-7-6-8-16(14(13)2)21-19(23)12-22(3)20(24)15-9-10-17(25-4)18(11-15)26-5/h6-11H,12H2,1-5H3,(H,21,23). The molecule has 2 aromatic carbocycles. The van der Waals surface area contributed by atoms with Crippen LogP contribution in [0.3, 0.4) is 0 Å². The fraction of sp³-hybridized carbons (Fsp3) is 0.300. The number of carbonyl (C=O) groups excluding carboxylic acids is 2. The first-order valence-electron chi connectivity index (χ1n) is 8.21. The second-order valence-electron chi connectivity index (χ2n) is 6.03. The van der Waals surface area contributed by atoms with E-state index in [1.165, 1.54) is 19.1 Å². The molecule has 0 bridgehead atoms. The Balaban J connectivity index is 2.06. The SMILES string of the molecule is COc1ccc(C(=O)N(C)CC(=O)Nc2cccc(C)c2C)cc1OC. The Morgan fingerprint density at radius 1 is 1.04 bits per heavy atom. The van der Waals surface area contributed by atoms with Crippen LogP contribution in [0.2, 0.25) is 0 Å². The summed E-state index contributed by atoms with van der Waals surface area (Å²) < 4.78 is 10.4. The van der Waals surface area contributed by atoms with Gasteiger partial charge in [0.2, 0.25) is 5.91 Å². The normalized spacial score (nSPS) is 10.2. The number of anilines is 1. The van der Waals surface area contributed by atoms with Gasteiger partial charge in [-0.2, -0.15) is 0 Å². The maximum atomic E-state index is 12.6. The van der Waals surface area contributed by atoms with Gasteiger partial charge in [-0.3, -0.25) is 9.59 Å². The summed E-state index contributed by atoms with van der Waals surface area (Å²) in [4.78, 5) is 26.2. The highest BCUT2D eigenvalue weighted by molar-refractivity contribution is 5.99. The number of benzene rings is 2. The summed E-state index contributed by atoms with van der Waals surface area (Å²) in [5, 5.41) is 2.85. The summed E-state index contributed by atoms with van der Waals surface area (Å²) in [5.74, 6) is 0.475. The minimum absolute atomic E-state index is 0.0550. The predicted octanol–water partition coefficient (Wildman–Crippen LogP) is 3.03. The molecule has 2 rings (SSSR count). The highest BCUT2D eigenvalue weighted by Gasteiger charge is 2.17. The van der Waals surface area contributed by atoms with Crippen molar-refractivity contribution in [2.75, 3.05) is 33.1 Å². The minimum Gasteiger partial charge on any atom is -0.493 e. The van der Waals surface area contributed by atoms with Gasteiger partial charge in [-0.25, -0.2) is 0 Å². The van der Waals surface area contributed by atoms with Crippen LogP contribution in [-0.2, 0) is 4.79 Å². The van der Waals surface area contributed by atoms with Crippen LogP contribution < -0.4 is 14.8 Å². The number of nitrogens with zero attached hydrogens (tertiary/aromatic N) is 1. The summed E-state index contributed by atoms with van der Waals surface area (Å²) in [5.41, 5.74) is 3.28. The third kappa shape index (κ3) is 4.33. The largest absolute Gasteiger partial charge is 0.493 e. The predicted molar refractivity (Wildman–Crippen MR) is 101 cm³/mol. The molecule has 0 heterocycles. The number of hydrogen-bond donors (Lipinski definition) is 1. The highest BCUT2D eigenvalue weighted by Crippen LogP contribution is 2.28. The smallest absolute Gasteiger partial charge is 0.254 e. The molecular weight excluding hydrogens is 332 g/mol. The van der Waals surface area contributed by atoms with Crippen LogP contribution in [-0.4, -0.2) is 44.5 Å². The molecule has 0 saturated carbocycles. The summed E-state index contributed by atoms with van der Waals surface area (Å²) >= 11 is 0. The molecule has 0 aliphatic heterocycles. The number of nitrogens with one attached hydrogen (secondary N) is 1. The molecule has 2 amide bonds. The molecule has 0 saturated heterocycles. The van der Waals surface area contributed by atoms with Crippen molar-refractivity contribution in [3.63, 3.8) is 0 Å². The number of carbonyl (C=O) groups is 2. The zero-order valence-electron chi connectivity index (χ0n) is 15.8. The lowest BCUT2D eigenvalue weighted by Gasteiger charge is -2.18. The van der Waals surface area contributed by atoms with E-state index in [0.29, 0.717) is 17.1 Å². The van der Waals surface area contributed by atoms with E-state index < -0.39 is 0 Å². The lowest BCUT2D eigenvalue weighted by atomic mass is 10.1. The van der Waals surface area contributed by atoms with Crippen molar-refractivity contribution in [2.24, 2.45) is 0 Å². The number of methoxy groups -OCH3 is 2. The lowest BCUT2D eigenvalue weighted by Crippen LogP contribution is -2.35. The van der Waals surface area contributed by atoms with Gasteiger partial charge in [0.05, 0.1) is 20.8 Å². The van der Waals surface area contributed by atoms with Crippen molar-refractivity contribution in [1.29, 1.82) is 0 Å². The van der Waals surface area contributed by atoms with Gasteiger partial charge in [0.25, 0.3) is 5.91 Å². The van der Waals surface area contributed by atoms with Gasteiger partial charge in [-0.15, -0.1) is 0 Å². The topological polar surface area (TPSA) is 67.9 Å². The molecule has 0 aliphatic rings. The van der Waals surface area contributed by atoms with Crippen molar-refractivity contribution in [2.45, 2.75) is 13.8 Å². The lowest BCUT2D eigenvalue weighted by molar-refractivity contribution is -0.116. The van der Waals surface area contributed by atoms with Crippen LogP contribution in [0, 0.1) is 13.8 Å². The van der Waals surface area contributed by atoms with E-state index in [1.54, 1.807) is 25.2 Å². The molecule has 6 heteroatoms. The number of likely N-dealkylation sites (N-methyl/N-ethyl adjacent to an activating group) is 1. The molecule has 0 atom stereocenters. The van der Waals surface area contributed by atoms with Crippen molar-refractivity contribution in [3.05, 3.63) is 53.1 Å². The summed E-state index contributed by atoms with van der Waals surface area (Å²) in [6, 6.07) is 10.6. The molecule has 0 fully saturated rings. The Kier molecular flexibility index (Phi) is 6.22. The van der Waals surface area contributed by atoms with Crippen molar-refractivity contribution >= 4 is 17.5 Å². The first-order valence-corrected chi connectivity index (χ1v) is 8.21. The number of ether oxygens (including phenoxy) is 2. The van der Waals surface area contributed by atoms with Gasteiger partial charge < -0.3 is 19.7 Å². The molecule has 0 aliphatic carbocycles. The van der Waals surface area contributed by atoms with Crippen LogP contribution in [0.25, 0.3) is 0 Å². The van der Waals surface area contributed by atoms with Gasteiger partial charge in [-0.05, 0) is 49.2 Å². The molecular formula is C20H24N2O4. The van der Waals surface area contributed by atoms with Gasteiger partial charge in [0.1, 0.15) is 0 Å². The van der Waals surface area contributed by atoms with E-state index >= 15 is 0 Å². The molecule has 2 aromatic rings. The van der Waals surface area contributed by atoms with Gasteiger partial charge in [0.15, 0.2) is 11.5 Å². The van der Waals surface area contributed by atoms with Gasteiger partial charge in [-0.1, -0.05) is 12.1 Å². The molecule has 0 radical (unpaired) electrons. The Morgan fingerprint density at radius 3 is 2.38 bits per heavy atom. The van der Waals surface area contributed by atoms with Crippen LogP contribution in [0.4, 0.5) is 5.69 Å². The third-order valence-electron chi connectivity index (χ3n) is 4.24. The van der Waals surface area contributed by atoms with Gasteiger partial charge in [0, 0.05) is 18.3 Å².